The fourth-order valence-electron chi connectivity index (χ4n) is 4.65. The van der Waals surface area contributed by atoms with E-state index in [4.69, 9.17) is 4.74 Å². The standard InChI is InChI=1S/C26H34F2N4O3/c1-31(11-12-35-25-8-6-19(27)13-23(25)28)24-4-2-3-18-5-7-20(14-22(18)24)30-10-9-29-15-26(34)32-16-21(33)17-32/h5-8,13-14,21,24,29-30,33H,2-4,9-12,15-17H2,1H3. The second-order valence-electron chi connectivity index (χ2n) is 9.28. The van der Waals surface area contributed by atoms with Gasteiger partial charge in [-0.3, -0.25) is 9.69 Å². The smallest absolute Gasteiger partial charge is 0.236 e. The van der Waals surface area contributed by atoms with E-state index in [-0.39, 0.29) is 30.3 Å². The molecular formula is C26H34F2N4O3. The Morgan fingerprint density at radius 1 is 1.20 bits per heavy atom. The first-order chi connectivity index (χ1) is 16.9. The van der Waals surface area contributed by atoms with Crippen LogP contribution in [0.3, 0.4) is 0 Å². The van der Waals surface area contributed by atoms with Gasteiger partial charge in [-0.25, -0.2) is 8.78 Å². The van der Waals surface area contributed by atoms with Crippen LogP contribution in [0.15, 0.2) is 36.4 Å². The van der Waals surface area contributed by atoms with Crippen LogP contribution in [0.4, 0.5) is 14.5 Å². The van der Waals surface area contributed by atoms with E-state index in [1.165, 1.54) is 23.3 Å². The van der Waals surface area contributed by atoms with Crippen LogP contribution >= 0.6 is 0 Å². The molecule has 0 aromatic heterocycles. The van der Waals surface area contributed by atoms with Crippen molar-refractivity contribution in [3.8, 4) is 5.75 Å². The average Bonchev–Trinajstić information content (AvgIpc) is 2.82. The summed E-state index contributed by atoms with van der Waals surface area (Å²) in [6.45, 7) is 3.40. The predicted octanol–water partition coefficient (Wildman–Crippen LogP) is 2.56. The van der Waals surface area contributed by atoms with Crippen molar-refractivity contribution in [3.05, 3.63) is 59.2 Å². The van der Waals surface area contributed by atoms with Gasteiger partial charge in [-0.05, 0) is 61.7 Å². The Labute approximate surface area is 205 Å². The number of hydrogen-bond donors (Lipinski definition) is 3. The third kappa shape index (κ3) is 6.68. The molecule has 1 unspecified atom stereocenters. The van der Waals surface area contributed by atoms with Gasteiger partial charge < -0.3 is 25.4 Å². The van der Waals surface area contributed by atoms with Gasteiger partial charge in [0.1, 0.15) is 12.4 Å². The number of ether oxygens (including phenoxy) is 1. The number of fused-ring (bicyclic) bond motifs is 1. The number of aryl methyl sites for hydroxylation is 1. The molecule has 1 amide bonds. The summed E-state index contributed by atoms with van der Waals surface area (Å²) in [6, 6.07) is 10.0. The molecule has 9 heteroatoms. The van der Waals surface area contributed by atoms with E-state index in [9.17, 15) is 18.7 Å². The maximum Gasteiger partial charge on any atom is 0.236 e. The molecule has 2 aromatic carbocycles. The van der Waals surface area contributed by atoms with Gasteiger partial charge in [0.25, 0.3) is 0 Å². The van der Waals surface area contributed by atoms with Gasteiger partial charge >= 0.3 is 0 Å². The molecule has 3 N–H and O–H groups in total. The minimum Gasteiger partial charge on any atom is -0.489 e. The number of likely N-dealkylation sites (N-methyl/N-ethyl adjacent to an activating group) is 1. The number of hydrogen-bond acceptors (Lipinski definition) is 6. The topological polar surface area (TPSA) is 77.1 Å². The zero-order chi connectivity index (χ0) is 24.8. The van der Waals surface area contributed by atoms with E-state index < -0.39 is 11.6 Å². The number of nitrogens with zero attached hydrogens (tertiary/aromatic N) is 2. The lowest BCUT2D eigenvalue weighted by Gasteiger charge is -2.35. The second kappa shape index (κ2) is 11.8. The molecule has 7 nitrogen and oxygen atoms in total. The first-order valence-corrected chi connectivity index (χ1v) is 12.2. The monoisotopic (exact) mass is 488 g/mol. The Hall–Kier alpha value is -2.75. The van der Waals surface area contributed by atoms with Crippen molar-refractivity contribution in [1.29, 1.82) is 0 Å². The molecule has 1 fully saturated rings. The van der Waals surface area contributed by atoms with Crippen molar-refractivity contribution in [1.82, 2.24) is 15.1 Å². The summed E-state index contributed by atoms with van der Waals surface area (Å²) in [4.78, 5) is 15.8. The summed E-state index contributed by atoms with van der Waals surface area (Å²) in [5.41, 5.74) is 3.66. The lowest BCUT2D eigenvalue weighted by molar-refractivity contribution is -0.140. The highest BCUT2D eigenvalue weighted by atomic mass is 19.1. The minimum atomic E-state index is -0.690. The summed E-state index contributed by atoms with van der Waals surface area (Å²) < 4.78 is 32.4. The van der Waals surface area contributed by atoms with E-state index in [0.29, 0.717) is 39.3 Å². The number of halogens is 2. The molecule has 35 heavy (non-hydrogen) atoms. The number of aliphatic hydroxyl groups excluding tert-OH is 1. The molecule has 0 radical (unpaired) electrons. The predicted molar refractivity (Wildman–Crippen MR) is 131 cm³/mol. The second-order valence-corrected chi connectivity index (χ2v) is 9.28. The highest BCUT2D eigenvalue weighted by Gasteiger charge is 2.28. The van der Waals surface area contributed by atoms with Crippen LogP contribution in [-0.4, -0.2) is 79.8 Å². The summed E-state index contributed by atoms with van der Waals surface area (Å²) in [5.74, 6) is -1.23. The fraction of sp³-hybridized carbons (Fsp3) is 0.500. The van der Waals surface area contributed by atoms with Crippen LogP contribution in [0.25, 0.3) is 0 Å². The van der Waals surface area contributed by atoms with Gasteiger partial charge in [0.05, 0.1) is 12.6 Å². The number of rotatable bonds is 11. The van der Waals surface area contributed by atoms with Gasteiger partial charge in [0.2, 0.25) is 5.91 Å². The minimum absolute atomic E-state index is 0.0149. The number of aliphatic hydroxyl groups is 1. The van der Waals surface area contributed by atoms with Crippen molar-refractivity contribution >= 4 is 11.6 Å². The summed E-state index contributed by atoms with van der Waals surface area (Å²) in [6.07, 6.45) is 2.81. The third-order valence-corrected chi connectivity index (χ3v) is 6.68. The Balaban J connectivity index is 1.24. The number of benzene rings is 2. The van der Waals surface area contributed by atoms with E-state index in [1.807, 2.05) is 7.05 Å². The number of β-amino-alcohol motifs (C(OH)–C–C–N with tert-alkyl or cyclic N) is 1. The molecule has 1 aliphatic carbocycles. The quantitative estimate of drug-likeness (QED) is 0.422. The Bertz CT molecular complexity index is 1020. The molecule has 4 rings (SSSR count). The summed E-state index contributed by atoms with van der Waals surface area (Å²) in [5, 5.41) is 15.9. The SMILES string of the molecule is CN(CCOc1ccc(F)cc1F)C1CCCc2ccc(NCCNCC(=O)N3CC(O)C3)cc21. The zero-order valence-corrected chi connectivity index (χ0v) is 20.1. The number of carbonyl (C=O) groups excluding carboxylic acids is 1. The van der Waals surface area contributed by atoms with Crippen molar-refractivity contribution in [2.24, 2.45) is 0 Å². The van der Waals surface area contributed by atoms with Gasteiger partial charge in [0, 0.05) is 50.5 Å². The van der Waals surface area contributed by atoms with Gasteiger partial charge in [-0.15, -0.1) is 0 Å². The Morgan fingerprint density at radius 3 is 2.80 bits per heavy atom. The van der Waals surface area contributed by atoms with E-state index >= 15 is 0 Å². The zero-order valence-electron chi connectivity index (χ0n) is 20.1. The maximum atomic E-state index is 13.8. The number of likely N-dealkylation sites (tertiary alicyclic amines) is 1. The summed E-state index contributed by atoms with van der Waals surface area (Å²) in [7, 11) is 2.04. The van der Waals surface area contributed by atoms with Crippen molar-refractivity contribution in [3.63, 3.8) is 0 Å². The number of carbonyl (C=O) groups is 1. The first kappa shape index (κ1) is 25.3. The molecular weight excluding hydrogens is 454 g/mol. The van der Waals surface area contributed by atoms with E-state index in [0.717, 1.165) is 31.0 Å². The maximum absolute atomic E-state index is 13.8. The first-order valence-electron chi connectivity index (χ1n) is 12.2. The molecule has 1 atom stereocenters. The molecule has 2 aromatic rings. The van der Waals surface area contributed by atoms with Crippen LogP contribution in [0, 0.1) is 11.6 Å². The van der Waals surface area contributed by atoms with E-state index in [1.54, 1.807) is 4.90 Å². The lowest BCUT2D eigenvalue weighted by Crippen LogP contribution is -2.55. The van der Waals surface area contributed by atoms with Crippen LogP contribution in [0.1, 0.15) is 30.0 Å². The third-order valence-electron chi connectivity index (χ3n) is 6.68. The van der Waals surface area contributed by atoms with Crippen LogP contribution < -0.4 is 15.4 Å². The van der Waals surface area contributed by atoms with Gasteiger partial charge in [0.15, 0.2) is 11.6 Å². The van der Waals surface area contributed by atoms with E-state index in [2.05, 4.69) is 33.7 Å². The van der Waals surface area contributed by atoms with Gasteiger partial charge in [-0.2, -0.15) is 0 Å². The van der Waals surface area contributed by atoms with Gasteiger partial charge in [-0.1, -0.05) is 6.07 Å². The number of anilines is 1. The molecule has 1 saturated heterocycles. The normalized spacial score (nSPS) is 17.7. The summed E-state index contributed by atoms with van der Waals surface area (Å²) >= 11 is 0. The van der Waals surface area contributed by atoms with Crippen LogP contribution in [-0.2, 0) is 11.2 Å². The largest absolute Gasteiger partial charge is 0.489 e. The fourth-order valence-corrected chi connectivity index (χ4v) is 4.65. The highest BCUT2D eigenvalue weighted by Crippen LogP contribution is 2.35. The highest BCUT2D eigenvalue weighted by molar-refractivity contribution is 5.79. The lowest BCUT2D eigenvalue weighted by atomic mass is 9.86. The molecule has 0 bridgehead atoms. The molecule has 1 heterocycles. The average molecular weight is 489 g/mol. The Morgan fingerprint density at radius 2 is 2.03 bits per heavy atom. The molecule has 1 aliphatic heterocycles. The van der Waals surface area contributed by atoms with Crippen LogP contribution in [0.5, 0.6) is 5.75 Å². The molecule has 0 saturated carbocycles. The molecule has 2 aliphatic rings. The van der Waals surface area contributed by atoms with Crippen molar-refractivity contribution in [2.45, 2.75) is 31.4 Å². The molecule has 0 spiro atoms. The number of amides is 1. The number of nitrogens with one attached hydrogen (secondary N) is 2. The molecule has 190 valence electrons. The van der Waals surface area contributed by atoms with Crippen molar-refractivity contribution in [2.75, 3.05) is 58.2 Å². The van der Waals surface area contributed by atoms with Crippen LogP contribution in [0.2, 0.25) is 0 Å². The van der Waals surface area contributed by atoms with Crippen molar-refractivity contribution < 1.29 is 23.4 Å². The Kier molecular flexibility index (Phi) is 8.54.